The van der Waals surface area contributed by atoms with Crippen molar-refractivity contribution < 1.29 is 9.53 Å². The maximum atomic E-state index is 12.3. The highest BCUT2D eigenvalue weighted by atomic mass is 16.6. The normalized spacial score (nSPS) is 12.1. The molecule has 0 saturated heterocycles. The Bertz CT molecular complexity index is 711. The third-order valence-corrected chi connectivity index (χ3v) is 3.95. The topological polar surface area (TPSA) is 73.4 Å². The Morgan fingerprint density at radius 3 is 2.17 bits per heavy atom. The molecule has 6 heteroatoms. The lowest BCUT2D eigenvalue weighted by Crippen LogP contribution is -2.45. The maximum Gasteiger partial charge on any atom is 0.410 e. The summed E-state index contributed by atoms with van der Waals surface area (Å²) in [7, 11) is 1.75. The van der Waals surface area contributed by atoms with Crippen molar-refractivity contribution in [2.24, 2.45) is 0 Å². The largest absolute Gasteiger partial charge is 0.444 e. The molecule has 0 unspecified atom stereocenters. The van der Waals surface area contributed by atoms with E-state index in [0.717, 1.165) is 11.3 Å². The number of ether oxygens (including phenoxy) is 1. The molecule has 1 aromatic heterocycles. The molecule has 24 heavy (non-hydrogen) atoms. The number of rotatable bonds is 3. The zero-order chi connectivity index (χ0) is 18.1. The molecule has 0 fully saturated rings. The Morgan fingerprint density at radius 2 is 1.71 bits per heavy atom. The molecule has 0 aliphatic carbocycles. The number of hydrogen-bond donors (Lipinski definition) is 1. The summed E-state index contributed by atoms with van der Waals surface area (Å²) in [5.41, 5.74) is 6.52. The van der Waals surface area contributed by atoms with Gasteiger partial charge in [-0.2, -0.15) is 5.10 Å². The van der Waals surface area contributed by atoms with Gasteiger partial charge in [0.15, 0.2) is 0 Å². The van der Waals surface area contributed by atoms with Crippen molar-refractivity contribution in [1.29, 1.82) is 0 Å². The SMILES string of the molecule is CN(C(=O)OC(C)(C)C)C(C)(C)c1ccc(-n2ccc(N)n2)cc1. The summed E-state index contributed by atoms with van der Waals surface area (Å²) in [5.74, 6) is 0.476. The lowest BCUT2D eigenvalue weighted by Gasteiger charge is -2.37. The Morgan fingerprint density at radius 1 is 1.12 bits per heavy atom. The number of anilines is 1. The molecule has 0 radical (unpaired) electrons. The molecular weight excluding hydrogens is 304 g/mol. The van der Waals surface area contributed by atoms with Crippen LogP contribution in [0.5, 0.6) is 0 Å². The number of benzene rings is 1. The summed E-state index contributed by atoms with van der Waals surface area (Å²) in [6, 6.07) is 9.61. The number of hydrogen-bond acceptors (Lipinski definition) is 4. The number of aromatic nitrogens is 2. The van der Waals surface area contributed by atoms with Gasteiger partial charge in [0.05, 0.1) is 11.2 Å². The van der Waals surface area contributed by atoms with Crippen LogP contribution in [0.25, 0.3) is 5.69 Å². The highest BCUT2D eigenvalue weighted by Crippen LogP contribution is 2.28. The van der Waals surface area contributed by atoms with E-state index in [1.807, 2.05) is 65.1 Å². The highest BCUT2D eigenvalue weighted by molar-refractivity contribution is 5.69. The zero-order valence-corrected chi connectivity index (χ0v) is 15.2. The minimum atomic E-state index is -0.523. The number of nitrogens with two attached hydrogens (primary N) is 1. The second kappa shape index (κ2) is 6.19. The lowest BCUT2D eigenvalue weighted by molar-refractivity contribution is 0.0104. The van der Waals surface area contributed by atoms with Gasteiger partial charge in [-0.3, -0.25) is 0 Å². The summed E-state index contributed by atoms with van der Waals surface area (Å²) < 4.78 is 7.17. The van der Waals surface area contributed by atoms with E-state index in [0.29, 0.717) is 5.82 Å². The molecule has 0 aliphatic heterocycles. The third-order valence-electron chi connectivity index (χ3n) is 3.95. The number of carbonyl (C=O) groups is 1. The van der Waals surface area contributed by atoms with E-state index >= 15 is 0 Å². The van der Waals surface area contributed by atoms with Gasteiger partial charge in [0, 0.05) is 19.3 Å². The molecule has 0 aliphatic rings. The van der Waals surface area contributed by atoms with Crippen molar-refractivity contribution in [2.75, 3.05) is 12.8 Å². The first-order chi connectivity index (χ1) is 11.0. The van der Waals surface area contributed by atoms with E-state index in [-0.39, 0.29) is 6.09 Å². The average molecular weight is 330 g/mol. The summed E-state index contributed by atoms with van der Waals surface area (Å²) in [4.78, 5) is 14.0. The van der Waals surface area contributed by atoms with Gasteiger partial charge in [-0.1, -0.05) is 12.1 Å². The summed E-state index contributed by atoms with van der Waals surface area (Å²) in [6.07, 6.45) is 1.46. The van der Waals surface area contributed by atoms with Gasteiger partial charge in [0.2, 0.25) is 0 Å². The average Bonchev–Trinajstić information content (AvgIpc) is 2.91. The molecule has 2 N–H and O–H groups in total. The van der Waals surface area contributed by atoms with Crippen molar-refractivity contribution in [3.8, 4) is 5.69 Å². The zero-order valence-electron chi connectivity index (χ0n) is 15.2. The van der Waals surface area contributed by atoms with Crippen LogP contribution in [-0.2, 0) is 10.3 Å². The molecule has 2 aromatic rings. The minimum Gasteiger partial charge on any atom is -0.444 e. The van der Waals surface area contributed by atoms with E-state index in [1.54, 1.807) is 22.7 Å². The molecule has 1 amide bonds. The smallest absolute Gasteiger partial charge is 0.410 e. The Labute approximate surface area is 143 Å². The minimum absolute atomic E-state index is 0.351. The molecule has 0 atom stereocenters. The van der Waals surface area contributed by atoms with Crippen molar-refractivity contribution in [1.82, 2.24) is 14.7 Å². The van der Waals surface area contributed by atoms with Crippen LogP contribution in [0.15, 0.2) is 36.5 Å². The van der Waals surface area contributed by atoms with E-state index in [2.05, 4.69) is 5.10 Å². The highest BCUT2D eigenvalue weighted by Gasteiger charge is 2.32. The van der Waals surface area contributed by atoms with Gasteiger partial charge < -0.3 is 15.4 Å². The van der Waals surface area contributed by atoms with E-state index < -0.39 is 11.1 Å². The van der Waals surface area contributed by atoms with Gasteiger partial charge in [-0.25, -0.2) is 9.48 Å². The van der Waals surface area contributed by atoms with Crippen molar-refractivity contribution in [2.45, 2.75) is 45.8 Å². The monoisotopic (exact) mass is 330 g/mol. The van der Waals surface area contributed by atoms with Crippen LogP contribution in [0.3, 0.4) is 0 Å². The summed E-state index contributed by atoms with van der Waals surface area (Å²) in [6.45, 7) is 9.54. The predicted octanol–water partition coefficient (Wildman–Crippen LogP) is 3.56. The van der Waals surface area contributed by atoms with Crippen LogP contribution in [-0.4, -0.2) is 33.4 Å². The molecule has 6 nitrogen and oxygen atoms in total. The van der Waals surface area contributed by atoms with Crippen LogP contribution >= 0.6 is 0 Å². The van der Waals surface area contributed by atoms with Crippen LogP contribution in [0.4, 0.5) is 10.6 Å². The first kappa shape index (κ1) is 17.8. The van der Waals surface area contributed by atoms with Crippen molar-refractivity contribution in [3.05, 3.63) is 42.1 Å². The fourth-order valence-electron chi connectivity index (χ4n) is 2.26. The number of nitrogen functional groups attached to an aromatic ring is 1. The summed E-state index contributed by atoms with van der Waals surface area (Å²) in [5, 5.41) is 4.19. The molecule has 0 bridgehead atoms. The van der Waals surface area contributed by atoms with Crippen LogP contribution in [0, 0.1) is 0 Å². The number of carbonyl (C=O) groups excluding carboxylic acids is 1. The van der Waals surface area contributed by atoms with Crippen molar-refractivity contribution in [3.63, 3.8) is 0 Å². The fraction of sp³-hybridized carbons (Fsp3) is 0.444. The van der Waals surface area contributed by atoms with Gasteiger partial charge in [-0.05, 0) is 52.3 Å². The van der Waals surface area contributed by atoms with Gasteiger partial charge in [0.25, 0.3) is 0 Å². The number of amides is 1. The number of nitrogens with zero attached hydrogens (tertiary/aromatic N) is 3. The molecule has 2 rings (SSSR count). The van der Waals surface area contributed by atoms with E-state index in [1.165, 1.54) is 0 Å². The quantitative estimate of drug-likeness (QED) is 0.934. The second-order valence-electron chi connectivity index (χ2n) is 7.33. The van der Waals surface area contributed by atoms with Crippen LogP contribution in [0.2, 0.25) is 0 Å². The first-order valence-electron chi connectivity index (χ1n) is 7.89. The van der Waals surface area contributed by atoms with Gasteiger partial charge in [0.1, 0.15) is 11.4 Å². The fourth-order valence-corrected chi connectivity index (χ4v) is 2.26. The van der Waals surface area contributed by atoms with Gasteiger partial charge in [-0.15, -0.1) is 0 Å². The van der Waals surface area contributed by atoms with E-state index in [9.17, 15) is 4.79 Å². The molecule has 1 heterocycles. The maximum absolute atomic E-state index is 12.3. The second-order valence-corrected chi connectivity index (χ2v) is 7.33. The lowest BCUT2D eigenvalue weighted by atomic mass is 9.93. The Hall–Kier alpha value is -2.50. The third kappa shape index (κ3) is 3.88. The molecule has 0 saturated carbocycles. The van der Waals surface area contributed by atoms with Crippen LogP contribution < -0.4 is 5.73 Å². The Kier molecular flexibility index (Phi) is 4.60. The van der Waals surface area contributed by atoms with Crippen LogP contribution in [0.1, 0.15) is 40.2 Å². The summed E-state index contributed by atoms with van der Waals surface area (Å²) >= 11 is 0. The Balaban J connectivity index is 2.21. The van der Waals surface area contributed by atoms with Gasteiger partial charge >= 0.3 is 6.09 Å². The molecule has 0 spiro atoms. The first-order valence-corrected chi connectivity index (χ1v) is 7.89. The predicted molar refractivity (Wildman–Crippen MR) is 95.0 cm³/mol. The van der Waals surface area contributed by atoms with E-state index in [4.69, 9.17) is 10.5 Å². The molecule has 130 valence electrons. The standard InChI is InChI=1S/C18H26N4O2/c1-17(2,3)24-16(23)21(6)18(4,5)13-7-9-14(10-8-13)22-12-11-15(19)20-22/h7-12H,1-6H3,(H2,19,20). The van der Waals surface area contributed by atoms with Crippen molar-refractivity contribution >= 4 is 11.9 Å². The molecular formula is C18H26N4O2. The molecule has 1 aromatic carbocycles.